The Labute approximate surface area is 123 Å². The van der Waals surface area contributed by atoms with Gasteiger partial charge in [0.05, 0.1) is 0 Å². The Balaban J connectivity index is 1.54. The van der Waals surface area contributed by atoms with Gasteiger partial charge in [0, 0.05) is 0 Å². The molecule has 0 nitrogen and oxygen atoms in total. The van der Waals surface area contributed by atoms with E-state index in [0.29, 0.717) is 5.41 Å². The molecule has 3 unspecified atom stereocenters. The fraction of sp³-hybridized carbons (Fsp3) is 0.800. The second-order valence-electron chi connectivity index (χ2n) is 8.87. The van der Waals surface area contributed by atoms with Gasteiger partial charge in [0.15, 0.2) is 0 Å². The standard InChI is InChI=1S/C20H28/c1-2-5-20(12-13-3-4-18(20)11-13)19-16-7-14-6-15(9-16)10-17(19)8-14/h2-4,13-19H,1,5-12H2. The Kier molecular flexibility index (Phi) is 2.43. The first kappa shape index (κ1) is 12.1. The second-order valence-corrected chi connectivity index (χ2v) is 8.87. The molecule has 20 heavy (non-hydrogen) atoms. The third kappa shape index (κ3) is 1.44. The highest BCUT2D eigenvalue weighted by Crippen LogP contribution is 2.68. The van der Waals surface area contributed by atoms with Gasteiger partial charge in [-0.15, -0.1) is 6.58 Å². The van der Waals surface area contributed by atoms with Crippen molar-refractivity contribution in [1.29, 1.82) is 0 Å². The molecule has 108 valence electrons. The zero-order chi connectivity index (χ0) is 13.3. The fourth-order valence-corrected chi connectivity index (χ4v) is 7.88. The van der Waals surface area contributed by atoms with Crippen LogP contribution in [0.4, 0.5) is 0 Å². The second kappa shape index (κ2) is 4.02. The SMILES string of the molecule is C=CCC1(C2C3CC4CC(C3)CC2C4)CC2C=CC1C2. The maximum absolute atomic E-state index is 4.14. The molecule has 5 saturated carbocycles. The Hall–Kier alpha value is -0.520. The minimum absolute atomic E-state index is 0.629. The maximum Gasteiger partial charge on any atom is -0.0161 e. The molecule has 5 fully saturated rings. The molecule has 0 N–H and O–H groups in total. The van der Waals surface area contributed by atoms with Gasteiger partial charge in [-0.05, 0) is 98.2 Å². The molecule has 6 aliphatic carbocycles. The van der Waals surface area contributed by atoms with Crippen LogP contribution in [0, 0.1) is 46.8 Å². The molecule has 0 heterocycles. The van der Waals surface area contributed by atoms with Gasteiger partial charge >= 0.3 is 0 Å². The largest absolute Gasteiger partial charge is 0.103 e. The first-order valence-electron chi connectivity index (χ1n) is 9.07. The van der Waals surface area contributed by atoms with Gasteiger partial charge in [0.2, 0.25) is 0 Å². The lowest BCUT2D eigenvalue weighted by Gasteiger charge is -2.61. The molecular weight excluding hydrogens is 240 g/mol. The van der Waals surface area contributed by atoms with Crippen molar-refractivity contribution in [3.63, 3.8) is 0 Å². The molecule has 0 heteroatoms. The third-order valence-corrected chi connectivity index (χ3v) is 7.97. The summed E-state index contributed by atoms with van der Waals surface area (Å²) in [7, 11) is 0. The van der Waals surface area contributed by atoms with Crippen molar-refractivity contribution in [3.05, 3.63) is 24.8 Å². The summed E-state index contributed by atoms with van der Waals surface area (Å²) in [6.07, 6.45) is 19.6. The maximum atomic E-state index is 4.14. The Morgan fingerprint density at radius 2 is 1.65 bits per heavy atom. The summed E-state index contributed by atoms with van der Waals surface area (Å²) in [5, 5.41) is 0. The average Bonchev–Trinajstić information content (AvgIpc) is 2.98. The van der Waals surface area contributed by atoms with Crippen molar-refractivity contribution in [2.75, 3.05) is 0 Å². The predicted octanol–water partition coefficient (Wildman–Crippen LogP) is 5.22. The molecule has 0 aliphatic heterocycles. The zero-order valence-corrected chi connectivity index (χ0v) is 12.6. The van der Waals surface area contributed by atoms with Crippen molar-refractivity contribution in [3.8, 4) is 0 Å². The highest BCUT2D eigenvalue weighted by molar-refractivity contribution is 5.20. The van der Waals surface area contributed by atoms with Crippen molar-refractivity contribution in [1.82, 2.24) is 0 Å². The topological polar surface area (TPSA) is 0 Å². The van der Waals surface area contributed by atoms with E-state index in [0.717, 1.165) is 41.4 Å². The van der Waals surface area contributed by atoms with Gasteiger partial charge in [-0.3, -0.25) is 0 Å². The normalized spacial score (nSPS) is 58.5. The summed E-state index contributed by atoms with van der Waals surface area (Å²) in [4.78, 5) is 0. The van der Waals surface area contributed by atoms with E-state index in [1.54, 1.807) is 32.1 Å². The van der Waals surface area contributed by atoms with E-state index in [9.17, 15) is 0 Å². The van der Waals surface area contributed by atoms with Gasteiger partial charge in [-0.1, -0.05) is 18.2 Å². The Morgan fingerprint density at radius 3 is 2.15 bits per heavy atom. The number of fused-ring (bicyclic) bond motifs is 2. The smallest absolute Gasteiger partial charge is 0.0161 e. The summed E-state index contributed by atoms with van der Waals surface area (Å²) in [5.41, 5.74) is 0.629. The number of hydrogen-bond acceptors (Lipinski definition) is 0. The van der Waals surface area contributed by atoms with Crippen LogP contribution in [0.3, 0.4) is 0 Å². The van der Waals surface area contributed by atoms with Crippen LogP contribution in [0.5, 0.6) is 0 Å². The molecule has 6 aliphatic rings. The molecular formula is C20H28. The molecule has 6 rings (SSSR count). The van der Waals surface area contributed by atoms with Gasteiger partial charge < -0.3 is 0 Å². The highest BCUT2D eigenvalue weighted by atomic mass is 14.6. The van der Waals surface area contributed by atoms with Gasteiger partial charge in [0.1, 0.15) is 0 Å². The summed E-state index contributed by atoms with van der Waals surface area (Å²) >= 11 is 0. The number of hydrogen-bond donors (Lipinski definition) is 0. The van der Waals surface area contributed by atoms with Crippen LogP contribution in [0.2, 0.25) is 0 Å². The lowest BCUT2D eigenvalue weighted by atomic mass is 9.44. The summed E-state index contributed by atoms with van der Waals surface area (Å²) < 4.78 is 0. The van der Waals surface area contributed by atoms with Crippen LogP contribution in [-0.2, 0) is 0 Å². The summed E-state index contributed by atoms with van der Waals surface area (Å²) in [6, 6.07) is 0. The molecule has 0 aromatic rings. The monoisotopic (exact) mass is 268 g/mol. The van der Waals surface area contributed by atoms with Crippen LogP contribution in [0.15, 0.2) is 24.8 Å². The van der Waals surface area contributed by atoms with Crippen molar-refractivity contribution >= 4 is 0 Å². The van der Waals surface area contributed by atoms with Crippen molar-refractivity contribution in [2.45, 2.75) is 51.4 Å². The lowest BCUT2D eigenvalue weighted by molar-refractivity contribution is -0.105. The molecule has 3 atom stereocenters. The Morgan fingerprint density at radius 1 is 0.950 bits per heavy atom. The Bertz CT molecular complexity index is 431. The van der Waals surface area contributed by atoms with Crippen molar-refractivity contribution in [2.24, 2.45) is 46.8 Å². The number of rotatable bonds is 3. The van der Waals surface area contributed by atoms with Crippen LogP contribution in [0.25, 0.3) is 0 Å². The van der Waals surface area contributed by atoms with E-state index in [1.807, 2.05) is 0 Å². The number of allylic oxidation sites excluding steroid dienone is 3. The van der Waals surface area contributed by atoms with Crippen molar-refractivity contribution < 1.29 is 0 Å². The molecule has 6 bridgehead atoms. The first-order chi connectivity index (χ1) is 9.78. The van der Waals surface area contributed by atoms with Crippen LogP contribution >= 0.6 is 0 Å². The van der Waals surface area contributed by atoms with Crippen LogP contribution in [0.1, 0.15) is 51.4 Å². The van der Waals surface area contributed by atoms with Crippen LogP contribution < -0.4 is 0 Å². The van der Waals surface area contributed by atoms with E-state index < -0.39 is 0 Å². The molecule has 0 saturated heterocycles. The van der Waals surface area contributed by atoms with Crippen LogP contribution in [-0.4, -0.2) is 0 Å². The quantitative estimate of drug-likeness (QED) is 0.616. The van der Waals surface area contributed by atoms with Gasteiger partial charge in [-0.2, -0.15) is 0 Å². The third-order valence-electron chi connectivity index (χ3n) is 7.97. The molecule has 0 aromatic carbocycles. The van der Waals surface area contributed by atoms with E-state index in [-0.39, 0.29) is 0 Å². The van der Waals surface area contributed by atoms with Gasteiger partial charge in [0.25, 0.3) is 0 Å². The first-order valence-corrected chi connectivity index (χ1v) is 9.07. The van der Waals surface area contributed by atoms with Gasteiger partial charge in [-0.25, -0.2) is 0 Å². The molecule has 0 spiro atoms. The lowest BCUT2D eigenvalue weighted by Crippen LogP contribution is -2.53. The molecule has 0 amide bonds. The fourth-order valence-electron chi connectivity index (χ4n) is 7.88. The van der Waals surface area contributed by atoms with E-state index >= 15 is 0 Å². The molecule has 0 aromatic heterocycles. The zero-order valence-electron chi connectivity index (χ0n) is 12.6. The van der Waals surface area contributed by atoms with E-state index in [4.69, 9.17) is 0 Å². The average molecular weight is 268 g/mol. The minimum Gasteiger partial charge on any atom is -0.103 e. The van der Waals surface area contributed by atoms with E-state index in [2.05, 4.69) is 24.8 Å². The van der Waals surface area contributed by atoms with E-state index in [1.165, 1.54) is 19.3 Å². The highest BCUT2D eigenvalue weighted by Gasteiger charge is 2.60. The summed E-state index contributed by atoms with van der Waals surface area (Å²) in [5.74, 6) is 7.25. The summed E-state index contributed by atoms with van der Waals surface area (Å²) in [6.45, 7) is 4.14. The minimum atomic E-state index is 0.629. The predicted molar refractivity (Wildman–Crippen MR) is 83.1 cm³/mol. The molecule has 0 radical (unpaired) electrons.